The number of nitrogens with zero attached hydrogens (tertiary/aromatic N) is 3. The quantitative estimate of drug-likeness (QED) is 0.682. The SMILES string of the molecule is CCc1cccc(C)c1Sc1nn(C(=O)N(CC)CC)cc1SC. The van der Waals surface area contributed by atoms with Crippen LogP contribution in [0.25, 0.3) is 0 Å². The lowest BCUT2D eigenvalue weighted by Gasteiger charge is -2.17. The van der Waals surface area contributed by atoms with Gasteiger partial charge in [0, 0.05) is 18.0 Å². The maximum atomic E-state index is 12.5. The van der Waals surface area contributed by atoms with Gasteiger partial charge < -0.3 is 4.90 Å². The molecule has 0 bridgehead atoms. The first kappa shape index (κ1) is 18.9. The van der Waals surface area contributed by atoms with Gasteiger partial charge in [0.2, 0.25) is 0 Å². The number of hydrogen-bond donors (Lipinski definition) is 0. The van der Waals surface area contributed by atoms with Crippen molar-refractivity contribution in [3.8, 4) is 0 Å². The van der Waals surface area contributed by atoms with Gasteiger partial charge in [-0.25, -0.2) is 4.79 Å². The second-order valence-electron chi connectivity index (χ2n) is 5.42. The van der Waals surface area contributed by atoms with E-state index in [0.29, 0.717) is 13.1 Å². The monoisotopic (exact) mass is 363 g/mol. The topological polar surface area (TPSA) is 38.1 Å². The zero-order valence-corrected chi connectivity index (χ0v) is 16.6. The number of hydrogen-bond acceptors (Lipinski definition) is 4. The standard InChI is InChI=1S/C18H25N3OS2/c1-6-14-11-9-10-13(4)16(14)24-17-15(23-5)12-21(19-17)18(22)20(7-2)8-3/h9-12H,6-8H2,1-5H3. The molecule has 1 heterocycles. The minimum atomic E-state index is -0.0670. The molecule has 0 radical (unpaired) electrons. The predicted molar refractivity (Wildman–Crippen MR) is 102 cm³/mol. The van der Waals surface area contributed by atoms with Crippen LogP contribution in [0.15, 0.2) is 39.2 Å². The van der Waals surface area contributed by atoms with Gasteiger partial charge in [-0.1, -0.05) is 36.9 Å². The minimum absolute atomic E-state index is 0.0670. The third-order valence-corrected chi connectivity index (χ3v) is 6.12. The second-order valence-corrected chi connectivity index (χ2v) is 7.27. The second kappa shape index (κ2) is 8.62. The fraction of sp³-hybridized carbons (Fsp3) is 0.444. The maximum Gasteiger partial charge on any atom is 0.344 e. The normalized spacial score (nSPS) is 10.9. The van der Waals surface area contributed by atoms with E-state index < -0.39 is 0 Å². The highest BCUT2D eigenvalue weighted by Crippen LogP contribution is 2.37. The van der Waals surface area contributed by atoms with Gasteiger partial charge in [0.25, 0.3) is 0 Å². The summed E-state index contributed by atoms with van der Waals surface area (Å²) in [5.41, 5.74) is 2.56. The molecular formula is C18H25N3OS2. The molecule has 0 aliphatic carbocycles. The van der Waals surface area contributed by atoms with E-state index in [1.807, 2.05) is 26.3 Å². The number of carbonyl (C=O) groups excluding carboxylic acids is 1. The Bertz CT molecular complexity index is 708. The molecule has 4 nitrogen and oxygen atoms in total. The fourth-order valence-electron chi connectivity index (χ4n) is 2.52. The summed E-state index contributed by atoms with van der Waals surface area (Å²) < 4.78 is 1.48. The summed E-state index contributed by atoms with van der Waals surface area (Å²) in [5.74, 6) is 0. The average Bonchev–Trinajstić information content (AvgIpc) is 3.00. The van der Waals surface area contributed by atoms with E-state index in [-0.39, 0.29) is 6.03 Å². The van der Waals surface area contributed by atoms with Crippen molar-refractivity contribution >= 4 is 29.6 Å². The Morgan fingerprint density at radius 3 is 2.54 bits per heavy atom. The molecule has 0 fully saturated rings. The van der Waals surface area contributed by atoms with Gasteiger partial charge in [0.15, 0.2) is 0 Å². The van der Waals surface area contributed by atoms with Crippen molar-refractivity contribution in [1.29, 1.82) is 0 Å². The number of aromatic nitrogens is 2. The first-order valence-corrected chi connectivity index (χ1v) is 10.3. The van der Waals surface area contributed by atoms with Gasteiger partial charge in [-0.15, -0.1) is 11.8 Å². The van der Waals surface area contributed by atoms with Gasteiger partial charge in [-0.05, 0) is 44.6 Å². The van der Waals surface area contributed by atoms with E-state index in [9.17, 15) is 4.79 Å². The Labute approximate surface area is 153 Å². The molecule has 130 valence electrons. The van der Waals surface area contributed by atoms with E-state index >= 15 is 0 Å². The molecule has 2 rings (SSSR count). The van der Waals surface area contributed by atoms with Crippen LogP contribution < -0.4 is 0 Å². The highest BCUT2D eigenvalue weighted by molar-refractivity contribution is 8.02. The summed E-state index contributed by atoms with van der Waals surface area (Å²) in [6.07, 6.45) is 4.85. The van der Waals surface area contributed by atoms with Crippen LogP contribution in [-0.4, -0.2) is 40.1 Å². The van der Waals surface area contributed by atoms with Crippen LogP contribution in [0.3, 0.4) is 0 Å². The van der Waals surface area contributed by atoms with E-state index in [4.69, 9.17) is 0 Å². The highest BCUT2D eigenvalue weighted by atomic mass is 32.2. The van der Waals surface area contributed by atoms with Crippen LogP contribution in [0.5, 0.6) is 0 Å². The molecule has 0 atom stereocenters. The maximum absolute atomic E-state index is 12.5. The summed E-state index contributed by atoms with van der Waals surface area (Å²) >= 11 is 3.28. The first-order valence-electron chi connectivity index (χ1n) is 8.24. The molecule has 0 spiro atoms. The fourth-order valence-corrected chi connectivity index (χ4v) is 4.37. The predicted octanol–water partition coefficient (Wildman–Crippen LogP) is 4.94. The van der Waals surface area contributed by atoms with Crippen LogP contribution in [0.1, 0.15) is 31.9 Å². The Balaban J connectivity index is 2.37. The minimum Gasteiger partial charge on any atom is -0.323 e. The van der Waals surface area contributed by atoms with Crippen LogP contribution in [0, 0.1) is 6.92 Å². The molecule has 0 aliphatic heterocycles. The lowest BCUT2D eigenvalue weighted by molar-refractivity contribution is 0.201. The molecule has 6 heteroatoms. The summed E-state index contributed by atoms with van der Waals surface area (Å²) in [7, 11) is 0. The molecular weight excluding hydrogens is 338 g/mol. The third-order valence-electron chi connectivity index (χ3n) is 3.97. The molecule has 1 amide bonds. The van der Waals surface area contributed by atoms with Crippen molar-refractivity contribution in [2.24, 2.45) is 0 Å². The van der Waals surface area contributed by atoms with Gasteiger partial charge in [0.05, 0.1) is 11.1 Å². The highest BCUT2D eigenvalue weighted by Gasteiger charge is 2.19. The van der Waals surface area contributed by atoms with Crippen molar-refractivity contribution in [3.63, 3.8) is 0 Å². The molecule has 1 aromatic carbocycles. The smallest absolute Gasteiger partial charge is 0.323 e. The first-order chi connectivity index (χ1) is 11.5. The molecule has 24 heavy (non-hydrogen) atoms. The molecule has 0 aliphatic rings. The number of benzene rings is 1. The van der Waals surface area contributed by atoms with Gasteiger partial charge in [-0.3, -0.25) is 0 Å². The van der Waals surface area contributed by atoms with Crippen molar-refractivity contribution in [2.75, 3.05) is 19.3 Å². The molecule has 0 unspecified atom stereocenters. The zero-order valence-electron chi connectivity index (χ0n) is 15.0. The lowest BCUT2D eigenvalue weighted by atomic mass is 10.1. The number of amides is 1. The Morgan fingerprint density at radius 1 is 1.25 bits per heavy atom. The Kier molecular flexibility index (Phi) is 6.80. The number of aryl methyl sites for hydroxylation is 2. The molecule has 2 aromatic rings. The largest absolute Gasteiger partial charge is 0.344 e. The van der Waals surface area contributed by atoms with Gasteiger partial charge >= 0.3 is 6.03 Å². The molecule has 0 saturated heterocycles. The summed E-state index contributed by atoms with van der Waals surface area (Å²) in [5, 5.41) is 5.47. The van der Waals surface area contributed by atoms with Crippen LogP contribution in [-0.2, 0) is 6.42 Å². The zero-order chi connectivity index (χ0) is 17.7. The van der Waals surface area contributed by atoms with Crippen molar-refractivity contribution in [1.82, 2.24) is 14.7 Å². The Hall–Kier alpha value is -1.40. The van der Waals surface area contributed by atoms with Crippen molar-refractivity contribution in [3.05, 3.63) is 35.5 Å². The summed E-state index contributed by atoms with van der Waals surface area (Å²) in [4.78, 5) is 16.6. The third kappa shape index (κ3) is 3.98. The van der Waals surface area contributed by atoms with Crippen molar-refractivity contribution in [2.45, 2.75) is 48.9 Å². The van der Waals surface area contributed by atoms with E-state index in [1.165, 1.54) is 20.7 Å². The number of rotatable bonds is 6. The van der Waals surface area contributed by atoms with Gasteiger partial charge in [0.1, 0.15) is 5.03 Å². The van der Waals surface area contributed by atoms with E-state index in [1.54, 1.807) is 28.4 Å². The van der Waals surface area contributed by atoms with Gasteiger partial charge in [-0.2, -0.15) is 9.78 Å². The lowest BCUT2D eigenvalue weighted by Crippen LogP contribution is -2.34. The van der Waals surface area contributed by atoms with Crippen LogP contribution in [0.2, 0.25) is 0 Å². The molecule has 0 N–H and O–H groups in total. The van der Waals surface area contributed by atoms with E-state index in [0.717, 1.165) is 16.3 Å². The number of carbonyl (C=O) groups is 1. The average molecular weight is 364 g/mol. The van der Waals surface area contributed by atoms with Crippen molar-refractivity contribution < 1.29 is 4.79 Å². The summed E-state index contributed by atoms with van der Waals surface area (Å²) in [6, 6.07) is 6.31. The Morgan fingerprint density at radius 2 is 1.96 bits per heavy atom. The summed E-state index contributed by atoms with van der Waals surface area (Å²) in [6.45, 7) is 9.62. The van der Waals surface area contributed by atoms with E-state index in [2.05, 4.69) is 37.1 Å². The van der Waals surface area contributed by atoms with Crippen LogP contribution in [0.4, 0.5) is 4.79 Å². The van der Waals surface area contributed by atoms with Crippen LogP contribution >= 0.6 is 23.5 Å². The molecule has 1 aromatic heterocycles. The molecule has 0 saturated carbocycles. The number of thioether (sulfide) groups is 1.